The number of nitrogens with one attached hydrogen (secondary N) is 1. The Kier molecular flexibility index (Phi) is 5.80. The molecule has 1 aromatic heterocycles. The summed E-state index contributed by atoms with van der Waals surface area (Å²) in [7, 11) is 0. The lowest BCUT2D eigenvalue weighted by Crippen LogP contribution is -2.31. The van der Waals surface area contributed by atoms with Crippen LogP contribution >= 0.6 is 0 Å². The Labute approximate surface area is 122 Å². The van der Waals surface area contributed by atoms with Crippen molar-refractivity contribution in [1.29, 1.82) is 0 Å². The maximum atomic E-state index is 9.90. The maximum Gasteiger partial charge on any atom is 0.128 e. The number of nitrogens with zero attached hydrogens (tertiary/aromatic N) is 2. The zero-order valence-corrected chi connectivity index (χ0v) is 12.7. The molecular weight excluding hydrogens is 250 g/mol. The molecule has 2 unspecified atom stereocenters. The van der Waals surface area contributed by atoms with Gasteiger partial charge in [-0.3, -0.25) is 0 Å². The molecular formula is C16H27N3O. The fraction of sp³-hybridized carbons (Fsp3) is 0.688. The molecule has 0 aliphatic carbocycles. The number of hydrogen-bond donors (Lipinski definition) is 2. The largest absolute Gasteiger partial charge is 0.392 e. The number of aliphatic hydroxyl groups excluding tert-OH is 1. The Bertz CT molecular complexity index is 387. The van der Waals surface area contributed by atoms with Crippen LogP contribution in [-0.2, 0) is 6.54 Å². The van der Waals surface area contributed by atoms with E-state index in [1.165, 1.54) is 18.4 Å². The summed E-state index contributed by atoms with van der Waals surface area (Å²) in [4.78, 5) is 6.87. The predicted octanol–water partition coefficient (Wildman–Crippen LogP) is 2.18. The summed E-state index contributed by atoms with van der Waals surface area (Å²) in [5.74, 6) is 1.43. The van der Waals surface area contributed by atoms with Crippen LogP contribution in [0.5, 0.6) is 0 Å². The molecule has 1 aromatic rings. The maximum absolute atomic E-state index is 9.90. The second kappa shape index (κ2) is 7.60. The third-order valence-corrected chi connectivity index (χ3v) is 4.22. The molecule has 0 amide bonds. The van der Waals surface area contributed by atoms with E-state index in [0.717, 1.165) is 31.9 Å². The Hall–Kier alpha value is -1.13. The van der Waals surface area contributed by atoms with Crippen molar-refractivity contribution in [1.82, 2.24) is 10.3 Å². The molecule has 0 bridgehead atoms. The normalized spacial score (nSPS) is 18.2. The molecule has 20 heavy (non-hydrogen) atoms. The fourth-order valence-corrected chi connectivity index (χ4v) is 2.49. The molecule has 2 heterocycles. The van der Waals surface area contributed by atoms with Gasteiger partial charge in [0, 0.05) is 32.4 Å². The molecule has 2 atom stereocenters. The first-order valence-electron chi connectivity index (χ1n) is 7.79. The molecule has 1 aliphatic rings. The number of rotatable bonds is 7. The van der Waals surface area contributed by atoms with E-state index in [1.807, 2.05) is 6.20 Å². The van der Waals surface area contributed by atoms with Crippen molar-refractivity contribution in [3.05, 3.63) is 23.9 Å². The van der Waals surface area contributed by atoms with E-state index in [-0.39, 0.29) is 6.10 Å². The molecule has 1 saturated heterocycles. The number of aliphatic hydroxyl groups is 1. The number of hydrogen-bond acceptors (Lipinski definition) is 4. The molecule has 1 fully saturated rings. The van der Waals surface area contributed by atoms with Gasteiger partial charge in [0.15, 0.2) is 0 Å². The predicted molar refractivity (Wildman–Crippen MR) is 82.9 cm³/mol. The van der Waals surface area contributed by atoms with Gasteiger partial charge in [-0.15, -0.1) is 0 Å². The first kappa shape index (κ1) is 15.3. The number of pyridine rings is 1. The molecule has 4 heteroatoms. The average Bonchev–Trinajstić information content (AvgIpc) is 3.01. The van der Waals surface area contributed by atoms with E-state index in [0.29, 0.717) is 12.5 Å². The minimum absolute atomic E-state index is 0.267. The van der Waals surface area contributed by atoms with Gasteiger partial charge < -0.3 is 15.3 Å². The van der Waals surface area contributed by atoms with Crippen LogP contribution in [0.1, 0.15) is 38.7 Å². The van der Waals surface area contributed by atoms with Gasteiger partial charge in [0.2, 0.25) is 0 Å². The Morgan fingerprint density at radius 1 is 1.35 bits per heavy atom. The van der Waals surface area contributed by atoms with Crippen LogP contribution in [0.4, 0.5) is 5.82 Å². The van der Waals surface area contributed by atoms with Crippen LogP contribution < -0.4 is 10.2 Å². The van der Waals surface area contributed by atoms with E-state index in [1.54, 1.807) is 0 Å². The molecule has 2 N–H and O–H groups in total. The highest BCUT2D eigenvalue weighted by molar-refractivity contribution is 5.40. The van der Waals surface area contributed by atoms with Crippen molar-refractivity contribution in [2.45, 2.75) is 45.8 Å². The van der Waals surface area contributed by atoms with Gasteiger partial charge in [0.25, 0.3) is 0 Å². The van der Waals surface area contributed by atoms with E-state index in [2.05, 4.69) is 41.2 Å². The number of anilines is 1. The Morgan fingerprint density at radius 2 is 2.10 bits per heavy atom. The Balaban J connectivity index is 1.76. The summed E-state index contributed by atoms with van der Waals surface area (Å²) < 4.78 is 0. The third kappa shape index (κ3) is 4.18. The summed E-state index contributed by atoms with van der Waals surface area (Å²) in [6, 6.07) is 4.23. The second-order valence-corrected chi connectivity index (χ2v) is 5.80. The standard InChI is InChI=1S/C16H27N3O/c1-3-13(2)15(20)12-17-10-14-6-7-16(18-11-14)19-8-4-5-9-19/h6-7,11,13,15,17,20H,3-5,8-10,12H2,1-2H3. The van der Waals surface area contributed by atoms with Gasteiger partial charge in [-0.25, -0.2) is 4.98 Å². The van der Waals surface area contributed by atoms with Gasteiger partial charge in [-0.05, 0) is 30.4 Å². The van der Waals surface area contributed by atoms with Crippen molar-refractivity contribution in [2.75, 3.05) is 24.5 Å². The van der Waals surface area contributed by atoms with Crippen molar-refractivity contribution in [3.63, 3.8) is 0 Å². The van der Waals surface area contributed by atoms with Crippen LogP contribution in [0.3, 0.4) is 0 Å². The molecule has 1 aliphatic heterocycles. The lowest BCUT2D eigenvalue weighted by Gasteiger charge is -2.18. The van der Waals surface area contributed by atoms with Gasteiger partial charge in [0.1, 0.15) is 5.82 Å². The highest BCUT2D eigenvalue weighted by atomic mass is 16.3. The SMILES string of the molecule is CCC(C)C(O)CNCc1ccc(N2CCCC2)nc1. The minimum Gasteiger partial charge on any atom is -0.392 e. The van der Waals surface area contributed by atoms with Crippen LogP contribution in [0.2, 0.25) is 0 Å². The lowest BCUT2D eigenvalue weighted by atomic mass is 10.0. The molecule has 0 saturated carbocycles. The van der Waals surface area contributed by atoms with Crippen LogP contribution in [0, 0.1) is 5.92 Å². The Morgan fingerprint density at radius 3 is 2.70 bits per heavy atom. The average molecular weight is 277 g/mol. The first-order chi connectivity index (χ1) is 9.70. The molecule has 4 nitrogen and oxygen atoms in total. The fourth-order valence-electron chi connectivity index (χ4n) is 2.49. The second-order valence-electron chi connectivity index (χ2n) is 5.80. The molecule has 0 spiro atoms. The van der Waals surface area contributed by atoms with E-state index in [9.17, 15) is 5.11 Å². The quantitative estimate of drug-likeness (QED) is 0.802. The minimum atomic E-state index is -0.267. The summed E-state index contributed by atoms with van der Waals surface area (Å²) in [5.41, 5.74) is 1.17. The van der Waals surface area contributed by atoms with E-state index in [4.69, 9.17) is 0 Å². The third-order valence-electron chi connectivity index (χ3n) is 4.22. The van der Waals surface area contributed by atoms with Crippen LogP contribution in [0.25, 0.3) is 0 Å². The molecule has 0 aromatic carbocycles. The highest BCUT2D eigenvalue weighted by Crippen LogP contribution is 2.17. The summed E-state index contributed by atoms with van der Waals surface area (Å²) in [6.07, 6.45) is 5.24. The summed E-state index contributed by atoms with van der Waals surface area (Å²) >= 11 is 0. The van der Waals surface area contributed by atoms with Gasteiger partial charge in [-0.2, -0.15) is 0 Å². The monoisotopic (exact) mass is 277 g/mol. The van der Waals surface area contributed by atoms with Gasteiger partial charge in [-0.1, -0.05) is 26.3 Å². The van der Waals surface area contributed by atoms with Crippen molar-refractivity contribution < 1.29 is 5.11 Å². The van der Waals surface area contributed by atoms with Gasteiger partial charge >= 0.3 is 0 Å². The van der Waals surface area contributed by atoms with Crippen molar-refractivity contribution >= 4 is 5.82 Å². The first-order valence-corrected chi connectivity index (χ1v) is 7.79. The van der Waals surface area contributed by atoms with E-state index < -0.39 is 0 Å². The molecule has 0 radical (unpaired) electrons. The van der Waals surface area contributed by atoms with Crippen LogP contribution in [0.15, 0.2) is 18.3 Å². The van der Waals surface area contributed by atoms with Crippen LogP contribution in [-0.4, -0.2) is 35.8 Å². The molecule has 2 rings (SSSR count). The van der Waals surface area contributed by atoms with Gasteiger partial charge in [0.05, 0.1) is 6.10 Å². The summed E-state index contributed by atoms with van der Waals surface area (Å²) in [6.45, 7) is 7.86. The smallest absolute Gasteiger partial charge is 0.128 e. The lowest BCUT2D eigenvalue weighted by molar-refractivity contribution is 0.113. The van der Waals surface area contributed by atoms with Crippen molar-refractivity contribution in [3.8, 4) is 0 Å². The van der Waals surface area contributed by atoms with Crippen molar-refractivity contribution in [2.24, 2.45) is 5.92 Å². The zero-order valence-electron chi connectivity index (χ0n) is 12.7. The molecule has 112 valence electrons. The topological polar surface area (TPSA) is 48.4 Å². The number of aromatic nitrogens is 1. The zero-order chi connectivity index (χ0) is 14.4. The van der Waals surface area contributed by atoms with E-state index >= 15 is 0 Å². The highest BCUT2D eigenvalue weighted by Gasteiger charge is 2.13. The summed E-state index contributed by atoms with van der Waals surface area (Å²) in [5, 5.41) is 13.2.